The fraction of sp³-hybridized carbons (Fsp3) is 0.167. The smallest absolute Gasteiger partial charge is 0.257 e. The van der Waals surface area contributed by atoms with Gasteiger partial charge in [-0.1, -0.05) is 23.4 Å². The van der Waals surface area contributed by atoms with Crippen molar-refractivity contribution in [1.82, 2.24) is 4.98 Å². The summed E-state index contributed by atoms with van der Waals surface area (Å²) in [6.07, 6.45) is 0. The molecule has 0 saturated carbocycles. The zero-order valence-corrected chi connectivity index (χ0v) is 15.6. The van der Waals surface area contributed by atoms with Crippen LogP contribution in [-0.2, 0) is 9.59 Å². The molecule has 8 heteroatoms. The Bertz CT molecular complexity index is 956. The van der Waals surface area contributed by atoms with E-state index in [0.717, 1.165) is 0 Å². The Balaban J connectivity index is 1.62. The summed E-state index contributed by atoms with van der Waals surface area (Å²) < 4.78 is 5.62. The predicted molar refractivity (Wildman–Crippen MR) is 104 cm³/mol. The van der Waals surface area contributed by atoms with E-state index in [9.17, 15) is 9.59 Å². The Morgan fingerprint density at radius 3 is 2.42 bits per heavy atom. The third-order valence-corrected chi connectivity index (χ3v) is 4.63. The lowest BCUT2D eigenvalue weighted by Crippen LogP contribution is -2.22. The number of hydrogen-bond donors (Lipinski definition) is 2. The molecule has 0 bridgehead atoms. The van der Waals surface area contributed by atoms with Crippen molar-refractivity contribution < 1.29 is 14.0 Å². The van der Waals surface area contributed by atoms with Crippen LogP contribution in [-0.4, -0.2) is 22.0 Å². The Kier molecular flexibility index (Phi) is 5.49. The second-order valence-corrected chi connectivity index (χ2v) is 7.33. The molecule has 26 heavy (non-hydrogen) atoms. The van der Waals surface area contributed by atoms with Crippen LogP contribution in [0.25, 0.3) is 11.1 Å². The molecule has 0 aliphatic carbocycles. The number of rotatable bonds is 5. The van der Waals surface area contributed by atoms with E-state index in [1.165, 1.54) is 18.7 Å². The third kappa shape index (κ3) is 4.56. The minimum Gasteiger partial charge on any atom is -0.431 e. The van der Waals surface area contributed by atoms with Crippen molar-refractivity contribution in [2.24, 2.45) is 0 Å². The summed E-state index contributed by atoms with van der Waals surface area (Å²) in [6, 6.07) is 12.1. The highest BCUT2D eigenvalue weighted by molar-refractivity contribution is 8.00. The molecule has 2 aromatic carbocycles. The van der Waals surface area contributed by atoms with Gasteiger partial charge >= 0.3 is 0 Å². The van der Waals surface area contributed by atoms with Crippen molar-refractivity contribution in [3.05, 3.63) is 47.5 Å². The van der Waals surface area contributed by atoms with Crippen molar-refractivity contribution in [3.63, 3.8) is 0 Å². The number of halogens is 1. The fourth-order valence-corrected chi connectivity index (χ4v) is 3.14. The number of carbonyl (C=O) groups excluding carboxylic acids is 2. The molecule has 0 aliphatic rings. The highest BCUT2D eigenvalue weighted by Crippen LogP contribution is 2.28. The maximum absolute atomic E-state index is 12.4. The highest BCUT2D eigenvalue weighted by Gasteiger charge is 2.18. The van der Waals surface area contributed by atoms with Gasteiger partial charge in [0, 0.05) is 29.4 Å². The minimum atomic E-state index is -0.409. The number of anilines is 2. The van der Waals surface area contributed by atoms with Gasteiger partial charge in [-0.15, -0.1) is 0 Å². The zero-order valence-electron chi connectivity index (χ0n) is 14.1. The van der Waals surface area contributed by atoms with Crippen LogP contribution in [0.3, 0.4) is 0 Å². The number of amides is 2. The van der Waals surface area contributed by atoms with Gasteiger partial charge in [-0.05, 0) is 43.3 Å². The molecule has 3 aromatic rings. The Morgan fingerprint density at radius 2 is 1.77 bits per heavy atom. The Morgan fingerprint density at radius 1 is 1.12 bits per heavy atom. The molecular weight excluding hydrogens is 374 g/mol. The molecule has 0 unspecified atom stereocenters. The van der Waals surface area contributed by atoms with E-state index in [0.29, 0.717) is 32.7 Å². The van der Waals surface area contributed by atoms with Gasteiger partial charge in [0.15, 0.2) is 5.58 Å². The average molecular weight is 390 g/mol. The van der Waals surface area contributed by atoms with Gasteiger partial charge in [-0.3, -0.25) is 9.59 Å². The third-order valence-electron chi connectivity index (χ3n) is 3.45. The Hall–Kier alpha value is -2.51. The molecule has 0 fully saturated rings. The zero-order chi connectivity index (χ0) is 18.7. The molecule has 2 amide bonds. The van der Waals surface area contributed by atoms with Crippen molar-refractivity contribution in [2.45, 2.75) is 24.3 Å². The van der Waals surface area contributed by atoms with E-state index in [4.69, 9.17) is 16.0 Å². The lowest BCUT2D eigenvalue weighted by atomic mass is 10.2. The molecule has 1 heterocycles. The highest BCUT2D eigenvalue weighted by atomic mass is 35.5. The lowest BCUT2D eigenvalue weighted by molar-refractivity contribution is -0.115. The maximum Gasteiger partial charge on any atom is 0.257 e. The van der Waals surface area contributed by atoms with Crippen LogP contribution in [0.1, 0.15) is 13.8 Å². The number of fused-ring (bicyclic) bond motifs is 1. The second kappa shape index (κ2) is 7.80. The number of hydrogen-bond acceptors (Lipinski definition) is 5. The number of oxazole rings is 1. The van der Waals surface area contributed by atoms with Gasteiger partial charge < -0.3 is 15.1 Å². The van der Waals surface area contributed by atoms with Crippen LogP contribution >= 0.6 is 23.4 Å². The largest absolute Gasteiger partial charge is 0.431 e. The van der Waals surface area contributed by atoms with E-state index in [2.05, 4.69) is 15.6 Å². The van der Waals surface area contributed by atoms with Gasteiger partial charge in [0.2, 0.25) is 11.8 Å². The topological polar surface area (TPSA) is 84.2 Å². The first-order chi connectivity index (χ1) is 12.4. The fourth-order valence-electron chi connectivity index (χ4n) is 2.22. The van der Waals surface area contributed by atoms with Gasteiger partial charge in [-0.25, -0.2) is 4.98 Å². The van der Waals surface area contributed by atoms with Crippen molar-refractivity contribution in [1.29, 1.82) is 0 Å². The first kappa shape index (κ1) is 18.3. The summed E-state index contributed by atoms with van der Waals surface area (Å²) >= 11 is 7.16. The molecule has 0 saturated heterocycles. The SMILES string of the molecule is CC(=O)Nc1ccc(NC(=O)[C@H](C)Sc2nc3ccc(Cl)cc3o2)cc1. The lowest BCUT2D eigenvalue weighted by Gasteiger charge is -2.10. The molecule has 1 aromatic heterocycles. The summed E-state index contributed by atoms with van der Waals surface area (Å²) in [5, 5.41) is 6.06. The Labute approximate surface area is 159 Å². The molecule has 2 N–H and O–H groups in total. The standard InChI is InChI=1S/C18H16ClN3O3S/c1-10(26-18-22-15-8-3-12(19)9-16(15)25-18)17(24)21-14-6-4-13(5-7-14)20-11(2)23/h3-10H,1-2H3,(H,20,23)(H,21,24)/t10-/m0/s1. The van der Waals surface area contributed by atoms with E-state index >= 15 is 0 Å². The van der Waals surface area contributed by atoms with Crippen LogP contribution in [0.15, 0.2) is 52.1 Å². The number of aromatic nitrogens is 1. The average Bonchev–Trinajstić information content (AvgIpc) is 2.97. The van der Waals surface area contributed by atoms with E-state index in [1.54, 1.807) is 49.4 Å². The summed E-state index contributed by atoms with van der Waals surface area (Å²) in [5.41, 5.74) is 2.59. The number of nitrogens with zero attached hydrogens (tertiary/aromatic N) is 1. The first-order valence-electron chi connectivity index (χ1n) is 7.82. The van der Waals surface area contributed by atoms with Gasteiger partial charge in [-0.2, -0.15) is 0 Å². The van der Waals surface area contributed by atoms with Crippen LogP contribution in [0.5, 0.6) is 0 Å². The predicted octanol–water partition coefficient (Wildman–Crippen LogP) is 4.56. The summed E-state index contributed by atoms with van der Waals surface area (Å²) in [4.78, 5) is 27.7. The van der Waals surface area contributed by atoms with E-state index in [1.807, 2.05) is 0 Å². The number of carbonyl (C=O) groups is 2. The van der Waals surface area contributed by atoms with E-state index in [-0.39, 0.29) is 11.8 Å². The molecule has 0 aliphatic heterocycles. The van der Waals surface area contributed by atoms with Crippen molar-refractivity contribution >= 4 is 57.7 Å². The van der Waals surface area contributed by atoms with Gasteiger partial charge in [0.1, 0.15) is 5.52 Å². The number of benzene rings is 2. The molecule has 1 atom stereocenters. The molecule has 134 valence electrons. The molecule has 0 radical (unpaired) electrons. The molecule has 6 nitrogen and oxygen atoms in total. The number of nitrogens with one attached hydrogen (secondary N) is 2. The second-order valence-electron chi connectivity index (χ2n) is 5.60. The minimum absolute atomic E-state index is 0.147. The van der Waals surface area contributed by atoms with Crippen LogP contribution < -0.4 is 10.6 Å². The van der Waals surface area contributed by atoms with Crippen molar-refractivity contribution in [2.75, 3.05) is 10.6 Å². The van der Waals surface area contributed by atoms with Gasteiger partial charge in [0.25, 0.3) is 5.22 Å². The van der Waals surface area contributed by atoms with Gasteiger partial charge in [0.05, 0.1) is 5.25 Å². The normalized spacial score (nSPS) is 12.0. The number of thioether (sulfide) groups is 1. The van der Waals surface area contributed by atoms with Crippen LogP contribution in [0.2, 0.25) is 5.02 Å². The van der Waals surface area contributed by atoms with Crippen LogP contribution in [0, 0.1) is 0 Å². The maximum atomic E-state index is 12.4. The van der Waals surface area contributed by atoms with E-state index < -0.39 is 5.25 Å². The summed E-state index contributed by atoms with van der Waals surface area (Å²) in [6.45, 7) is 3.21. The summed E-state index contributed by atoms with van der Waals surface area (Å²) in [5.74, 6) is -0.325. The first-order valence-corrected chi connectivity index (χ1v) is 9.08. The molecule has 3 rings (SSSR count). The molecule has 0 spiro atoms. The van der Waals surface area contributed by atoms with Crippen LogP contribution in [0.4, 0.5) is 11.4 Å². The monoisotopic (exact) mass is 389 g/mol. The summed E-state index contributed by atoms with van der Waals surface area (Å²) in [7, 11) is 0. The van der Waals surface area contributed by atoms with Crippen molar-refractivity contribution in [3.8, 4) is 0 Å². The molecular formula is C18H16ClN3O3S. The quantitative estimate of drug-likeness (QED) is 0.625.